The maximum atomic E-state index is 13.6. The average molecular weight is 502 g/mol. The van der Waals surface area contributed by atoms with E-state index in [-0.39, 0.29) is 28.2 Å². The van der Waals surface area contributed by atoms with Gasteiger partial charge in [-0.1, -0.05) is 17.7 Å². The Morgan fingerprint density at radius 1 is 1.09 bits per heavy atom. The maximum absolute atomic E-state index is 13.6. The molecule has 0 fully saturated rings. The van der Waals surface area contributed by atoms with Crippen molar-refractivity contribution in [2.24, 2.45) is 0 Å². The lowest BCUT2D eigenvalue weighted by atomic mass is 10.1. The van der Waals surface area contributed by atoms with Gasteiger partial charge in [-0.2, -0.15) is 0 Å². The first-order valence-corrected chi connectivity index (χ1v) is 10.8. The van der Waals surface area contributed by atoms with Crippen molar-refractivity contribution in [1.29, 1.82) is 0 Å². The first kappa shape index (κ1) is 23.6. The minimum atomic E-state index is -1.06. The van der Waals surface area contributed by atoms with Crippen molar-refractivity contribution in [3.05, 3.63) is 76.3 Å². The van der Waals surface area contributed by atoms with Gasteiger partial charge < -0.3 is 14.5 Å². The van der Waals surface area contributed by atoms with E-state index in [4.69, 9.17) is 33.0 Å². The van der Waals surface area contributed by atoms with Crippen molar-refractivity contribution in [2.75, 3.05) is 11.9 Å². The van der Waals surface area contributed by atoms with Gasteiger partial charge in [0.15, 0.2) is 28.9 Å². The van der Waals surface area contributed by atoms with E-state index in [0.717, 1.165) is 23.3 Å². The molecular weight excluding hydrogens is 484 g/mol. The molecule has 0 saturated carbocycles. The minimum Gasteiger partial charge on any atom is -0.484 e. The normalized spacial score (nSPS) is 10.9. The van der Waals surface area contributed by atoms with Crippen LogP contribution >= 0.6 is 23.8 Å². The molecule has 0 radical (unpaired) electrons. The van der Waals surface area contributed by atoms with Crippen LogP contribution in [0.2, 0.25) is 5.02 Å². The number of anilines is 1. The van der Waals surface area contributed by atoms with Crippen molar-refractivity contribution >= 4 is 51.6 Å². The van der Waals surface area contributed by atoms with Crippen LogP contribution in [0.1, 0.15) is 11.1 Å². The molecule has 4 aromatic rings. The fraction of sp³-hybridized carbons (Fsp3) is 0.125. The molecule has 34 heavy (non-hydrogen) atoms. The quantitative estimate of drug-likeness (QED) is 0.260. The largest absolute Gasteiger partial charge is 0.484 e. The Labute approximate surface area is 203 Å². The van der Waals surface area contributed by atoms with Crippen LogP contribution in [-0.2, 0) is 4.79 Å². The zero-order chi connectivity index (χ0) is 24.4. The summed E-state index contributed by atoms with van der Waals surface area (Å²) in [7, 11) is 0. The highest BCUT2D eigenvalue weighted by Crippen LogP contribution is 2.32. The molecule has 0 atom stereocenters. The van der Waals surface area contributed by atoms with Gasteiger partial charge in [0, 0.05) is 5.69 Å². The van der Waals surface area contributed by atoms with Crippen LogP contribution in [0.5, 0.6) is 5.75 Å². The lowest BCUT2D eigenvalue weighted by Crippen LogP contribution is -2.37. The second-order valence-corrected chi connectivity index (χ2v) is 8.30. The Hall–Kier alpha value is -3.56. The highest BCUT2D eigenvalue weighted by molar-refractivity contribution is 7.80. The van der Waals surface area contributed by atoms with E-state index in [0.29, 0.717) is 22.5 Å². The number of thiocarbonyl (C=S) groups is 1. The predicted octanol–water partition coefficient (Wildman–Crippen LogP) is 5.94. The van der Waals surface area contributed by atoms with Crippen LogP contribution < -0.4 is 15.4 Å². The van der Waals surface area contributed by atoms with Crippen LogP contribution in [0.25, 0.3) is 22.6 Å². The molecule has 0 bridgehead atoms. The third-order valence-corrected chi connectivity index (χ3v) is 5.50. The number of hydrogen-bond donors (Lipinski definition) is 2. The molecule has 0 aliphatic rings. The second kappa shape index (κ2) is 9.74. The Bertz CT molecular complexity index is 1420. The summed E-state index contributed by atoms with van der Waals surface area (Å²) in [4.78, 5) is 16.5. The number of ether oxygens (including phenoxy) is 1. The summed E-state index contributed by atoms with van der Waals surface area (Å²) >= 11 is 11.2. The number of halogens is 3. The van der Waals surface area contributed by atoms with Crippen LogP contribution in [-0.4, -0.2) is 22.6 Å². The number of carbonyl (C=O) groups excluding carboxylic acids is 1. The SMILES string of the molecule is Cc1ccc(OCC(=O)NC(=S)Nc2ccc3oc(-c4cc(F)c(F)cc4Cl)nc3c2)cc1C. The molecule has 0 spiro atoms. The van der Waals surface area contributed by atoms with Crippen molar-refractivity contribution < 1.29 is 22.7 Å². The van der Waals surface area contributed by atoms with E-state index in [1.807, 2.05) is 26.0 Å². The Morgan fingerprint density at radius 3 is 2.62 bits per heavy atom. The van der Waals surface area contributed by atoms with E-state index in [1.165, 1.54) is 0 Å². The monoisotopic (exact) mass is 501 g/mol. The van der Waals surface area contributed by atoms with Gasteiger partial charge in [-0.05, 0) is 79.7 Å². The van der Waals surface area contributed by atoms with Gasteiger partial charge in [0.25, 0.3) is 5.91 Å². The molecule has 0 unspecified atom stereocenters. The summed E-state index contributed by atoms with van der Waals surface area (Å²) in [5, 5.41) is 5.46. The van der Waals surface area contributed by atoms with Crippen molar-refractivity contribution in [1.82, 2.24) is 10.3 Å². The van der Waals surface area contributed by atoms with E-state index >= 15 is 0 Å². The van der Waals surface area contributed by atoms with Crippen molar-refractivity contribution in [3.8, 4) is 17.2 Å². The van der Waals surface area contributed by atoms with Gasteiger partial charge in [0.1, 0.15) is 11.3 Å². The van der Waals surface area contributed by atoms with Gasteiger partial charge in [-0.15, -0.1) is 0 Å². The van der Waals surface area contributed by atoms with Gasteiger partial charge in [0.2, 0.25) is 5.89 Å². The van der Waals surface area contributed by atoms with E-state index in [2.05, 4.69) is 15.6 Å². The Morgan fingerprint density at radius 2 is 1.85 bits per heavy atom. The molecule has 1 amide bonds. The minimum absolute atomic E-state index is 0.0317. The Kier molecular flexibility index (Phi) is 6.76. The standard InChI is InChI=1S/C24H18ClF2N3O3S/c1-12-3-5-15(7-13(12)2)32-11-22(31)30-24(34)28-14-4-6-21-20(8-14)29-23(33-21)16-9-18(26)19(27)10-17(16)25/h3-10H,11H2,1-2H3,(H2,28,30,31,34). The number of aromatic nitrogens is 1. The topological polar surface area (TPSA) is 76.4 Å². The maximum Gasteiger partial charge on any atom is 0.264 e. The number of nitrogens with zero attached hydrogens (tertiary/aromatic N) is 1. The van der Waals surface area contributed by atoms with Gasteiger partial charge in [-0.25, -0.2) is 13.8 Å². The lowest BCUT2D eigenvalue weighted by molar-refractivity contribution is -0.121. The molecule has 0 aliphatic heterocycles. The summed E-state index contributed by atoms with van der Waals surface area (Å²) in [6, 6.07) is 12.3. The lowest BCUT2D eigenvalue weighted by Gasteiger charge is -2.11. The summed E-state index contributed by atoms with van der Waals surface area (Å²) in [6.07, 6.45) is 0. The zero-order valence-electron chi connectivity index (χ0n) is 18.0. The fourth-order valence-corrected chi connectivity index (χ4v) is 3.55. The number of oxazole rings is 1. The van der Waals surface area contributed by atoms with Crippen LogP contribution in [0.3, 0.4) is 0 Å². The summed E-state index contributed by atoms with van der Waals surface area (Å²) in [6.45, 7) is 3.75. The number of amides is 1. The molecule has 4 rings (SSSR count). The number of hydrogen-bond acceptors (Lipinski definition) is 5. The molecule has 174 valence electrons. The van der Waals surface area contributed by atoms with Crippen molar-refractivity contribution in [3.63, 3.8) is 0 Å². The molecule has 10 heteroatoms. The average Bonchev–Trinajstić information content (AvgIpc) is 3.20. The summed E-state index contributed by atoms with van der Waals surface area (Å²) in [5.41, 5.74) is 3.67. The number of aryl methyl sites for hydroxylation is 2. The zero-order valence-corrected chi connectivity index (χ0v) is 19.6. The van der Waals surface area contributed by atoms with Gasteiger partial charge in [0.05, 0.1) is 10.6 Å². The number of nitrogens with one attached hydrogen (secondary N) is 2. The second-order valence-electron chi connectivity index (χ2n) is 7.48. The number of fused-ring (bicyclic) bond motifs is 1. The first-order valence-electron chi connectivity index (χ1n) is 10.1. The number of carbonyl (C=O) groups is 1. The highest BCUT2D eigenvalue weighted by Gasteiger charge is 2.16. The van der Waals surface area contributed by atoms with E-state index in [1.54, 1.807) is 24.3 Å². The molecule has 1 heterocycles. The van der Waals surface area contributed by atoms with E-state index in [9.17, 15) is 13.6 Å². The number of benzene rings is 3. The van der Waals surface area contributed by atoms with E-state index < -0.39 is 17.5 Å². The smallest absolute Gasteiger partial charge is 0.264 e. The highest BCUT2D eigenvalue weighted by atomic mass is 35.5. The predicted molar refractivity (Wildman–Crippen MR) is 130 cm³/mol. The summed E-state index contributed by atoms with van der Waals surface area (Å²) in [5.74, 6) is -1.92. The first-order chi connectivity index (χ1) is 16.2. The summed E-state index contributed by atoms with van der Waals surface area (Å²) < 4.78 is 38.1. The third-order valence-electron chi connectivity index (χ3n) is 4.99. The molecule has 0 aliphatic carbocycles. The number of rotatable bonds is 5. The van der Waals surface area contributed by atoms with Crippen LogP contribution in [0, 0.1) is 25.5 Å². The molecule has 0 saturated heterocycles. The Balaban J connectivity index is 1.40. The van der Waals surface area contributed by atoms with Gasteiger partial charge >= 0.3 is 0 Å². The van der Waals surface area contributed by atoms with Crippen LogP contribution in [0.15, 0.2) is 52.9 Å². The molecule has 3 aromatic carbocycles. The molecule has 6 nitrogen and oxygen atoms in total. The van der Waals surface area contributed by atoms with Crippen molar-refractivity contribution in [2.45, 2.75) is 13.8 Å². The third kappa shape index (κ3) is 5.32. The molecule has 1 aromatic heterocycles. The molecule has 2 N–H and O–H groups in total. The van der Waals surface area contributed by atoms with Gasteiger partial charge in [-0.3, -0.25) is 10.1 Å². The molecular formula is C24H18ClF2N3O3S. The van der Waals surface area contributed by atoms with Crippen LogP contribution in [0.4, 0.5) is 14.5 Å². The fourth-order valence-electron chi connectivity index (χ4n) is 3.08.